The number of fused-ring (bicyclic) bond motifs is 1. The summed E-state index contributed by atoms with van der Waals surface area (Å²) in [4.78, 5) is 19.9. The highest BCUT2D eigenvalue weighted by molar-refractivity contribution is 5.90. The molecule has 1 unspecified atom stereocenters. The SMILES string of the molecule is Cc1[nH]c2ccccc2c1CC(=O)NC(C)c1ccc(-n2cncn2)cc1. The van der Waals surface area contributed by atoms with Crippen molar-refractivity contribution in [3.05, 3.63) is 78.0 Å². The minimum atomic E-state index is -0.0761. The molecule has 0 aliphatic carbocycles. The van der Waals surface area contributed by atoms with Crippen LogP contribution >= 0.6 is 0 Å². The maximum atomic E-state index is 12.6. The lowest BCUT2D eigenvalue weighted by Crippen LogP contribution is -2.28. The molecule has 0 fully saturated rings. The molecule has 1 atom stereocenters. The predicted octanol–water partition coefficient (Wildman–Crippen LogP) is 3.48. The van der Waals surface area contributed by atoms with Crippen LogP contribution in [0.5, 0.6) is 0 Å². The number of amides is 1. The third kappa shape index (κ3) is 3.46. The molecule has 6 heteroatoms. The van der Waals surface area contributed by atoms with Gasteiger partial charge in [-0.25, -0.2) is 9.67 Å². The molecule has 2 aromatic carbocycles. The molecular formula is C21H21N5O. The second kappa shape index (κ2) is 7.07. The largest absolute Gasteiger partial charge is 0.358 e. The van der Waals surface area contributed by atoms with Crippen molar-refractivity contribution < 1.29 is 4.79 Å². The number of hydrogen-bond acceptors (Lipinski definition) is 3. The Hall–Kier alpha value is -3.41. The third-order valence-electron chi connectivity index (χ3n) is 4.82. The van der Waals surface area contributed by atoms with Crippen LogP contribution in [0.15, 0.2) is 61.2 Å². The third-order valence-corrected chi connectivity index (χ3v) is 4.82. The molecule has 136 valence electrons. The van der Waals surface area contributed by atoms with E-state index < -0.39 is 0 Å². The summed E-state index contributed by atoms with van der Waals surface area (Å²) in [7, 11) is 0. The highest BCUT2D eigenvalue weighted by Gasteiger charge is 2.15. The molecular weight excluding hydrogens is 338 g/mol. The van der Waals surface area contributed by atoms with Crippen LogP contribution in [0.3, 0.4) is 0 Å². The van der Waals surface area contributed by atoms with Crippen molar-refractivity contribution in [1.82, 2.24) is 25.1 Å². The maximum Gasteiger partial charge on any atom is 0.224 e. The van der Waals surface area contributed by atoms with Crippen molar-refractivity contribution in [1.29, 1.82) is 0 Å². The fourth-order valence-corrected chi connectivity index (χ4v) is 3.36. The van der Waals surface area contributed by atoms with E-state index in [4.69, 9.17) is 0 Å². The standard InChI is InChI=1S/C21H21N5O/c1-14(16-7-9-17(10-8-16)26-13-22-12-23-26)25-21(27)11-19-15(2)24-20-6-4-3-5-18(19)20/h3-10,12-14,24H,11H2,1-2H3,(H,25,27). The highest BCUT2D eigenvalue weighted by Crippen LogP contribution is 2.23. The van der Waals surface area contributed by atoms with E-state index in [2.05, 4.69) is 20.4 Å². The average molecular weight is 359 g/mol. The molecule has 27 heavy (non-hydrogen) atoms. The van der Waals surface area contributed by atoms with Crippen molar-refractivity contribution >= 4 is 16.8 Å². The fraction of sp³-hybridized carbons (Fsp3) is 0.190. The zero-order valence-corrected chi connectivity index (χ0v) is 15.3. The molecule has 0 bridgehead atoms. The van der Waals surface area contributed by atoms with Crippen LogP contribution in [0.2, 0.25) is 0 Å². The van der Waals surface area contributed by atoms with Gasteiger partial charge in [0.25, 0.3) is 0 Å². The van der Waals surface area contributed by atoms with Gasteiger partial charge in [-0.05, 0) is 43.2 Å². The summed E-state index contributed by atoms with van der Waals surface area (Å²) in [6, 6.07) is 15.9. The van der Waals surface area contributed by atoms with Gasteiger partial charge in [0.1, 0.15) is 12.7 Å². The summed E-state index contributed by atoms with van der Waals surface area (Å²) in [6.07, 6.45) is 3.52. The number of rotatable bonds is 5. The van der Waals surface area contributed by atoms with Crippen molar-refractivity contribution in [3.63, 3.8) is 0 Å². The van der Waals surface area contributed by atoms with Gasteiger partial charge in [-0.2, -0.15) is 5.10 Å². The number of carbonyl (C=O) groups excluding carboxylic acids is 1. The van der Waals surface area contributed by atoms with Gasteiger partial charge in [-0.3, -0.25) is 4.79 Å². The van der Waals surface area contributed by atoms with Crippen molar-refractivity contribution in [2.75, 3.05) is 0 Å². The smallest absolute Gasteiger partial charge is 0.224 e. The summed E-state index contributed by atoms with van der Waals surface area (Å²) in [5.74, 6) is 0.00991. The number of aromatic amines is 1. The normalized spacial score (nSPS) is 12.2. The Morgan fingerprint density at radius 3 is 2.70 bits per heavy atom. The van der Waals surface area contributed by atoms with Gasteiger partial charge in [0, 0.05) is 16.6 Å². The number of benzene rings is 2. The lowest BCUT2D eigenvalue weighted by molar-refractivity contribution is -0.121. The van der Waals surface area contributed by atoms with Gasteiger partial charge >= 0.3 is 0 Å². The molecule has 2 heterocycles. The lowest BCUT2D eigenvalue weighted by atomic mass is 10.1. The molecule has 0 radical (unpaired) electrons. The average Bonchev–Trinajstić information content (AvgIpc) is 3.31. The van der Waals surface area contributed by atoms with Crippen LogP contribution in [-0.4, -0.2) is 25.7 Å². The minimum Gasteiger partial charge on any atom is -0.358 e. The molecule has 0 aliphatic heterocycles. The Morgan fingerprint density at radius 1 is 1.19 bits per heavy atom. The van der Waals surface area contributed by atoms with E-state index in [1.165, 1.54) is 6.33 Å². The molecule has 4 aromatic rings. The van der Waals surface area contributed by atoms with Crippen LogP contribution in [0, 0.1) is 6.92 Å². The molecule has 0 spiro atoms. The maximum absolute atomic E-state index is 12.6. The summed E-state index contributed by atoms with van der Waals surface area (Å²) in [5.41, 5.74) is 5.13. The Labute approximate surface area is 157 Å². The lowest BCUT2D eigenvalue weighted by Gasteiger charge is -2.15. The number of hydrogen-bond donors (Lipinski definition) is 2. The predicted molar refractivity (Wildman–Crippen MR) is 105 cm³/mol. The first-order valence-electron chi connectivity index (χ1n) is 8.92. The van der Waals surface area contributed by atoms with Crippen molar-refractivity contribution in [2.45, 2.75) is 26.3 Å². The second-order valence-corrected chi connectivity index (χ2v) is 6.67. The number of para-hydroxylation sites is 1. The van der Waals surface area contributed by atoms with E-state index in [-0.39, 0.29) is 11.9 Å². The van der Waals surface area contributed by atoms with E-state index in [0.29, 0.717) is 6.42 Å². The quantitative estimate of drug-likeness (QED) is 0.573. The van der Waals surface area contributed by atoms with Gasteiger partial charge in [0.2, 0.25) is 5.91 Å². The molecule has 0 aliphatic rings. The first-order valence-corrected chi connectivity index (χ1v) is 8.92. The van der Waals surface area contributed by atoms with E-state index in [0.717, 1.165) is 33.4 Å². The second-order valence-electron chi connectivity index (χ2n) is 6.67. The first-order chi connectivity index (χ1) is 13.1. The number of carbonyl (C=O) groups is 1. The summed E-state index contributed by atoms with van der Waals surface area (Å²) < 4.78 is 1.70. The van der Waals surface area contributed by atoms with Gasteiger partial charge < -0.3 is 10.3 Å². The van der Waals surface area contributed by atoms with Crippen LogP contribution < -0.4 is 5.32 Å². The molecule has 2 N–H and O–H groups in total. The fourth-order valence-electron chi connectivity index (χ4n) is 3.36. The zero-order valence-electron chi connectivity index (χ0n) is 15.3. The van der Waals surface area contributed by atoms with E-state index in [1.54, 1.807) is 11.0 Å². The Kier molecular flexibility index (Phi) is 4.46. The number of H-pyrrole nitrogens is 1. The van der Waals surface area contributed by atoms with Crippen LogP contribution in [-0.2, 0) is 11.2 Å². The summed E-state index contributed by atoms with van der Waals surface area (Å²) in [5, 5.41) is 8.32. The Bertz CT molecular complexity index is 1060. The number of nitrogens with zero attached hydrogens (tertiary/aromatic N) is 3. The summed E-state index contributed by atoms with van der Waals surface area (Å²) >= 11 is 0. The first kappa shape index (κ1) is 17.0. The Morgan fingerprint density at radius 2 is 1.96 bits per heavy atom. The zero-order chi connectivity index (χ0) is 18.8. The highest BCUT2D eigenvalue weighted by atomic mass is 16.1. The van der Waals surface area contributed by atoms with Crippen LogP contribution in [0.25, 0.3) is 16.6 Å². The van der Waals surface area contributed by atoms with Crippen LogP contribution in [0.1, 0.15) is 29.8 Å². The summed E-state index contributed by atoms with van der Waals surface area (Å²) in [6.45, 7) is 4.00. The van der Waals surface area contributed by atoms with Gasteiger partial charge in [-0.15, -0.1) is 0 Å². The van der Waals surface area contributed by atoms with Crippen LogP contribution in [0.4, 0.5) is 0 Å². The number of nitrogens with one attached hydrogen (secondary N) is 2. The molecule has 6 nitrogen and oxygen atoms in total. The monoisotopic (exact) mass is 359 g/mol. The van der Waals surface area contributed by atoms with E-state index in [9.17, 15) is 4.79 Å². The molecule has 2 aromatic heterocycles. The molecule has 1 amide bonds. The van der Waals surface area contributed by atoms with Gasteiger partial charge in [0.05, 0.1) is 18.2 Å². The Balaban J connectivity index is 1.45. The van der Waals surface area contributed by atoms with Gasteiger partial charge in [0.15, 0.2) is 0 Å². The molecule has 4 rings (SSSR count). The van der Waals surface area contributed by atoms with E-state index in [1.807, 2.05) is 62.4 Å². The van der Waals surface area contributed by atoms with Crippen molar-refractivity contribution in [3.8, 4) is 5.69 Å². The number of aromatic nitrogens is 4. The topological polar surface area (TPSA) is 75.6 Å². The molecule has 0 saturated carbocycles. The van der Waals surface area contributed by atoms with Crippen molar-refractivity contribution in [2.24, 2.45) is 0 Å². The number of aryl methyl sites for hydroxylation is 1. The minimum absolute atomic E-state index is 0.00991. The van der Waals surface area contributed by atoms with E-state index >= 15 is 0 Å². The molecule has 0 saturated heterocycles. The van der Waals surface area contributed by atoms with Gasteiger partial charge in [-0.1, -0.05) is 30.3 Å².